The first-order valence-corrected chi connectivity index (χ1v) is 9.20. The van der Waals surface area contributed by atoms with E-state index < -0.39 is 10.2 Å². The van der Waals surface area contributed by atoms with E-state index in [-0.39, 0.29) is 12.5 Å². The van der Waals surface area contributed by atoms with Gasteiger partial charge in [0.25, 0.3) is 10.2 Å². The third-order valence-electron chi connectivity index (χ3n) is 3.90. The van der Waals surface area contributed by atoms with Crippen molar-refractivity contribution in [3.05, 3.63) is 34.3 Å². The number of rotatable bonds is 5. The molecule has 1 aromatic rings. The maximum Gasteiger partial charge on any atom is 0.282 e. The van der Waals surface area contributed by atoms with Gasteiger partial charge in [0.15, 0.2) is 0 Å². The van der Waals surface area contributed by atoms with Crippen LogP contribution in [0.5, 0.6) is 0 Å². The lowest BCUT2D eigenvalue weighted by Gasteiger charge is -2.33. The van der Waals surface area contributed by atoms with Crippen molar-refractivity contribution >= 4 is 26.1 Å². The van der Waals surface area contributed by atoms with Crippen LogP contribution in [-0.4, -0.2) is 48.9 Å². The molecule has 1 aliphatic rings. The van der Waals surface area contributed by atoms with E-state index in [1.807, 2.05) is 24.3 Å². The Morgan fingerprint density at radius 2 is 1.95 bits per heavy atom. The lowest BCUT2D eigenvalue weighted by Crippen LogP contribution is -2.45. The zero-order valence-electron chi connectivity index (χ0n) is 12.1. The third kappa shape index (κ3) is 4.04. The van der Waals surface area contributed by atoms with Crippen LogP contribution in [0.25, 0.3) is 0 Å². The Hall–Kier alpha value is -0.470. The topological polar surface area (TPSA) is 60.9 Å². The number of hydrogen-bond acceptors (Lipinski definition) is 3. The van der Waals surface area contributed by atoms with E-state index >= 15 is 0 Å². The van der Waals surface area contributed by atoms with E-state index in [4.69, 9.17) is 5.11 Å². The standard InChI is InChI=1S/C14H21BrN2O3S/c1-16(10-13-4-2-3-5-14(13)15)21(19,20)17-8-6-12(11-18)7-9-17/h2-5,12,18H,6-11H2,1H3. The Balaban J connectivity index is 2.04. The number of halogens is 1. The van der Waals surface area contributed by atoms with Gasteiger partial charge in [-0.15, -0.1) is 0 Å². The van der Waals surface area contributed by atoms with E-state index in [2.05, 4.69) is 15.9 Å². The zero-order valence-corrected chi connectivity index (χ0v) is 14.5. The number of aliphatic hydroxyl groups is 1. The Bertz CT molecular complexity index is 571. The molecule has 0 amide bonds. The quantitative estimate of drug-likeness (QED) is 0.852. The van der Waals surface area contributed by atoms with Crippen LogP contribution >= 0.6 is 15.9 Å². The van der Waals surface area contributed by atoms with E-state index in [0.717, 1.165) is 22.9 Å². The largest absolute Gasteiger partial charge is 0.396 e. The maximum absolute atomic E-state index is 12.6. The highest BCUT2D eigenvalue weighted by Crippen LogP contribution is 2.23. The summed E-state index contributed by atoms with van der Waals surface area (Å²) in [4.78, 5) is 0. The summed E-state index contributed by atoms with van der Waals surface area (Å²) in [6.07, 6.45) is 1.44. The molecule has 2 rings (SSSR count). The van der Waals surface area contributed by atoms with Crippen molar-refractivity contribution in [2.24, 2.45) is 5.92 Å². The highest BCUT2D eigenvalue weighted by atomic mass is 79.9. The van der Waals surface area contributed by atoms with Crippen LogP contribution in [0.4, 0.5) is 0 Å². The minimum absolute atomic E-state index is 0.140. The molecule has 7 heteroatoms. The second-order valence-corrected chi connectivity index (χ2v) is 8.27. The lowest BCUT2D eigenvalue weighted by molar-refractivity contribution is 0.166. The predicted octanol–water partition coefficient (Wildman–Crippen LogP) is 1.83. The molecular formula is C14H21BrN2O3S. The van der Waals surface area contributed by atoms with Gasteiger partial charge in [-0.2, -0.15) is 17.0 Å². The second-order valence-electron chi connectivity index (χ2n) is 5.38. The van der Waals surface area contributed by atoms with Crippen molar-refractivity contribution in [1.29, 1.82) is 0 Å². The highest BCUT2D eigenvalue weighted by Gasteiger charge is 2.31. The summed E-state index contributed by atoms with van der Waals surface area (Å²) in [5.74, 6) is 0.227. The second kappa shape index (κ2) is 7.19. The number of hydrogen-bond donors (Lipinski definition) is 1. The average Bonchev–Trinajstić information content (AvgIpc) is 2.49. The van der Waals surface area contributed by atoms with Gasteiger partial charge in [-0.05, 0) is 30.4 Å². The van der Waals surface area contributed by atoms with Gasteiger partial charge in [0.05, 0.1) is 0 Å². The molecule has 1 aromatic carbocycles. The molecule has 0 saturated carbocycles. The zero-order chi connectivity index (χ0) is 15.5. The molecule has 1 aliphatic heterocycles. The molecule has 118 valence electrons. The van der Waals surface area contributed by atoms with Crippen LogP contribution in [0.3, 0.4) is 0 Å². The number of benzene rings is 1. The molecule has 0 unspecified atom stereocenters. The summed E-state index contributed by atoms with van der Waals surface area (Å²) < 4.78 is 28.9. The number of piperidine rings is 1. The SMILES string of the molecule is CN(Cc1ccccc1Br)S(=O)(=O)N1CCC(CO)CC1. The molecule has 1 N–H and O–H groups in total. The van der Waals surface area contributed by atoms with Gasteiger partial charge in [0.1, 0.15) is 0 Å². The van der Waals surface area contributed by atoms with Gasteiger partial charge in [0.2, 0.25) is 0 Å². The van der Waals surface area contributed by atoms with E-state index in [9.17, 15) is 8.42 Å². The Kier molecular flexibility index (Phi) is 5.79. The van der Waals surface area contributed by atoms with Gasteiger partial charge < -0.3 is 5.11 Å². The lowest BCUT2D eigenvalue weighted by atomic mass is 10.00. The van der Waals surface area contributed by atoms with Gasteiger partial charge in [-0.3, -0.25) is 0 Å². The van der Waals surface area contributed by atoms with Crippen molar-refractivity contribution in [3.63, 3.8) is 0 Å². The molecule has 21 heavy (non-hydrogen) atoms. The molecule has 1 saturated heterocycles. The molecule has 0 spiro atoms. The first kappa shape index (κ1) is 16.9. The van der Waals surface area contributed by atoms with Crippen molar-refractivity contribution in [2.45, 2.75) is 19.4 Å². The summed E-state index contributed by atoms with van der Waals surface area (Å²) in [6.45, 7) is 1.44. The van der Waals surface area contributed by atoms with Gasteiger partial charge >= 0.3 is 0 Å². The predicted molar refractivity (Wildman–Crippen MR) is 85.9 cm³/mol. The number of aliphatic hydroxyl groups excluding tert-OH is 1. The van der Waals surface area contributed by atoms with Crippen molar-refractivity contribution < 1.29 is 13.5 Å². The Morgan fingerprint density at radius 1 is 1.33 bits per heavy atom. The summed E-state index contributed by atoms with van der Waals surface area (Å²) in [6, 6.07) is 7.62. The highest BCUT2D eigenvalue weighted by molar-refractivity contribution is 9.10. The molecule has 0 atom stereocenters. The Labute approximate surface area is 134 Å². The Morgan fingerprint density at radius 3 is 2.52 bits per heavy atom. The fourth-order valence-corrected chi connectivity index (χ4v) is 4.25. The van der Waals surface area contributed by atoms with Crippen molar-refractivity contribution in [2.75, 3.05) is 26.7 Å². The van der Waals surface area contributed by atoms with Crippen molar-refractivity contribution in [3.8, 4) is 0 Å². The van der Waals surface area contributed by atoms with E-state index in [1.165, 1.54) is 8.61 Å². The van der Waals surface area contributed by atoms with E-state index in [1.54, 1.807) is 7.05 Å². The van der Waals surface area contributed by atoms with Crippen LogP contribution in [0.2, 0.25) is 0 Å². The smallest absolute Gasteiger partial charge is 0.282 e. The monoisotopic (exact) mass is 376 g/mol. The van der Waals surface area contributed by atoms with Gasteiger partial charge in [0, 0.05) is 37.8 Å². The minimum atomic E-state index is -3.44. The molecule has 0 aromatic heterocycles. The van der Waals surface area contributed by atoms with Gasteiger partial charge in [-0.25, -0.2) is 0 Å². The molecule has 0 aliphatic carbocycles. The first-order chi connectivity index (χ1) is 9.95. The average molecular weight is 377 g/mol. The number of nitrogens with zero attached hydrogens (tertiary/aromatic N) is 2. The van der Waals surface area contributed by atoms with Crippen LogP contribution < -0.4 is 0 Å². The molecule has 1 fully saturated rings. The fourth-order valence-electron chi connectivity index (χ4n) is 2.47. The maximum atomic E-state index is 12.6. The molecule has 1 heterocycles. The molecular weight excluding hydrogens is 356 g/mol. The molecule has 5 nitrogen and oxygen atoms in total. The van der Waals surface area contributed by atoms with Crippen molar-refractivity contribution in [1.82, 2.24) is 8.61 Å². The van der Waals surface area contributed by atoms with Crippen LogP contribution in [-0.2, 0) is 16.8 Å². The molecule has 0 bridgehead atoms. The van der Waals surface area contributed by atoms with E-state index in [0.29, 0.717) is 19.6 Å². The van der Waals surface area contributed by atoms with Gasteiger partial charge in [-0.1, -0.05) is 34.1 Å². The molecule has 0 radical (unpaired) electrons. The summed E-state index contributed by atoms with van der Waals surface area (Å²) in [7, 11) is -1.84. The fraction of sp³-hybridized carbons (Fsp3) is 0.571. The normalized spacial score (nSPS) is 18.3. The van der Waals surface area contributed by atoms with Crippen LogP contribution in [0.1, 0.15) is 18.4 Å². The summed E-state index contributed by atoms with van der Waals surface area (Å²) in [5, 5.41) is 9.13. The minimum Gasteiger partial charge on any atom is -0.396 e. The van der Waals surface area contributed by atoms with Crippen LogP contribution in [0, 0.1) is 5.92 Å². The first-order valence-electron chi connectivity index (χ1n) is 7.01. The summed E-state index contributed by atoms with van der Waals surface area (Å²) >= 11 is 3.44. The summed E-state index contributed by atoms with van der Waals surface area (Å²) in [5.41, 5.74) is 0.939. The van der Waals surface area contributed by atoms with Crippen LogP contribution in [0.15, 0.2) is 28.7 Å². The third-order valence-corrected chi connectivity index (χ3v) is 6.61.